The molecule has 0 aromatic rings. The summed E-state index contributed by atoms with van der Waals surface area (Å²) in [4.78, 5) is 0. The minimum absolute atomic E-state index is 0.0680. The fourth-order valence-corrected chi connectivity index (χ4v) is 8.72. The molecule has 4 aliphatic carbocycles. The Morgan fingerprint density at radius 2 is 1.86 bits per heavy atom. The molecular weight excluding hydrogens is 352 g/mol. The third kappa shape index (κ3) is 3.48. The largest absolute Gasteiger partial charge is 0.393 e. The van der Waals surface area contributed by atoms with Crippen LogP contribution in [0.15, 0.2) is 22.8 Å². The first-order chi connectivity index (χ1) is 13.7. The van der Waals surface area contributed by atoms with Crippen LogP contribution in [0.2, 0.25) is 0 Å². The number of hydrogen-bond donors (Lipinski definition) is 1. The zero-order valence-corrected chi connectivity index (χ0v) is 20.1. The van der Waals surface area contributed by atoms with Crippen LogP contribution in [0.5, 0.6) is 0 Å². The van der Waals surface area contributed by atoms with Crippen molar-refractivity contribution >= 4 is 0 Å². The van der Waals surface area contributed by atoms with Crippen LogP contribution in [0.25, 0.3) is 0 Å². The summed E-state index contributed by atoms with van der Waals surface area (Å²) >= 11 is 0. The third-order valence-electron chi connectivity index (χ3n) is 10.4. The van der Waals surface area contributed by atoms with E-state index in [9.17, 15) is 5.11 Å². The predicted octanol–water partition coefficient (Wildman–Crippen LogP) is 7.70. The molecule has 0 aromatic heterocycles. The molecule has 0 aromatic carbocycles. The van der Waals surface area contributed by atoms with Crippen molar-refractivity contribution in [1.82, 2.24) is 0 Å². The average Bonchev–Trinajstić information content (AvgIpc) is 3.02. The summed E-state index contributed by atoms with van der Waals surface area (Å²) in [7, 11) is 0. The van der Waals surface area contributed by atoms with Gasteiger partial charge >= 0.3 is 0 Å². The van der Waals surface area contributed by atoms with Gasteiger partial charge in [-0.3, -0.25) is 0 Å². The highest BCUT2D eigenvalue weighted by Crippen LogP contribution is 2.66. The summed E-state index contributed by atoms with van der Waals surface area (Å²) in [6.07, 6.45) is 15.5. The number of allylic oxidation sites excluding steroid dienone is 4. The number of aliphatic hydroxyl groups is 1. The molecule has 1 nitrogen and oxygen atoms in total. The molecule has 0 radical (unpaired) electrons. The summed E-state index contributed by atoms with van der Waals surface area (Å²) < 4.78 is 0. The second kappa shape index (κ2) is 7.85. The Labute approximate surface area is 180 Å². The molecule has 0 heterocycles. The fourth-order valence-electron chi connectivity index (χ4n) is 8.72. The number of rotatable bonds is 4. The van der Waals surface area contributed by atoms with E-state index in [4.69, 9.17) is 0 Å². The van der Waals surface area contributed by atoms with Gasteiger partial charge in [0.1, 0.15) is 0 Å². The highest BCUT2D eigenvalue weighted by Gasteiger charge is 2.56. The topological polar surface area (TPSA) is 20.2 Å². The van der Waals surface area contributed by atoms with Crippen LogP contribution in [0.3, 0.4) is 0 Å². The molecule has 2 saturated carbocycles. The maximum atomic E-state index is 10.5. The SMILES string of the molecule is CC(C)=CCC[C@H](C)[C@H]1CC[C@H]2C3=C(CC[C@]12C)[C@@]1(C)CC[C@H](O)[C@H](C)[C@@H]1CC3. The second-order valence-electron chi connectivity index (χ2n) is 12.1. The van der Waals surface area contributed by atoms with E-state index in [2.05, 4.69) is 47.6 Å². The van der Waals surface area contributed by atoms with Gasteiger partial charge in [-0.1, -0.05) is 50.5 Å². The molecule has 0 unspecified atom stereocenters. The summed E-state index contributed by atoms with van der Waals surface area (Å²) in [6, 6.07) is 0. The number of hydrogen-bond acceptors (Lipinski definition) is 1. The van der Waals surface area contributed by atoms with Gasteiger partial charge in [0.15, 0.2) is 0 Å². The third-order valence-corrected chi connectivity index (χ3v) is 10.4. The molecule has 4 aliphatic rings. The van der Waals surface area contributed by atoms with E-state index in [1.807, 2.05) is 11.1 Å². The summed E-state index contributed by atoms with van der Waals surface area (Å²) in [5, 5.41) is 10.5. The Hall–Kier alpha value is -0.560. The van der Waals surface area contributed by atoms with Gasteiger partial charge in [-0.15, -0.1) is 0 Å². The molecule has 29 heavy (non-hydrogen) atoms. The van der Waals surface area contributed by atoms with Gasteiger partial charge in [-0.25, -0.2) is 0 Å². The molecule has 1 heteroatoms. The molecule has 0 bridgehead atoms. The fraction of sp³-hybridized carbons (Fsp3) is 0.857. The van der Waals surface area contributed by atoms with Crippen LogP contribution in [-0.4, -0.2) is 11.2 Å². The van der Waals surface area contributed by atoms with Crippen LogP contribution < -0.4 is 0 Å². The van der Waals surface area contributed by atoms with Crippen molar-refractivity contribution in [3.05, 3.63) is 22.8 Å². The molecule has 0 aliphatic heterocycles. The first-order valence-corrected chi connectivity index (χ1v) is 12.7. The Kier molecular flexibility index (Phi) is 5.86. The van der Waals surface area contributed by atoms with E-state index in [0.29, 0.717) is 22.7 Å². The van der Waals surface area contributed by atoms with E-state index in [1.165, 1.54) is 63.4 Å². The van der Waals surface area contributed by atoms with Crippen LogP contribution >= 0.6 is 0 Å². The summed E-state index contributed by atoms with van der Waals surface area (Å²) in [6.45, 7) is 14.6. The van der Waals surface area contributed by atoms with E-state index in [0.717, 1.165) is 24.2 Å². The van der Waals surface area contributed by atoms with Crippen molar-refractivity contribution in [2.75, 3.05) is 0 Å². The first-order valence-electron chi connectivity index (χ1n) is 12.7. The zero-order valence-electron chi connectivity index (χ0n) is 20.1. The predicted molar refractivity (Wildman–Crippen MR) is 124 cm³/mol. The van der Waals surface area contributed by atoms with E-state index >= 15 is 0 Å². The molecule has 164 valence electrons. The van der Waals surface area contributed by atoms with Gasteiger partial charge < -0.3 is 5.11 Å². The lowest BCUT2D eigenvalue weighted by molar-refractivity contribution is -0.0336. The number of aliphatic hydroxyl groups excluding tert-OH is 1. The van der Waals surface area contributed by atoms with Gasteiger partial charge in [-0.05, 0) is 118 Å². The first kappa shape index (κ1) is 21.7. The quantitative estimate of drug-likeness (QED) is 0.481. The average molecular weight is 399 g/mol. The van der Waals surface area contributed by atoms with Crippen LogP contribution in [0.1, 0.15) is 106 Å². The minimum Gasteiger partial charge on any atom is -0.393 e. The monoisotopic (exact) mass is 398 g/mol. The smallest absolute Gasteiger partial charge is 0.0569 e. The van der Waals surface area contributed by atoms with Gasteiger partial charge in [0.25, 0.3) is 0 Å². The maximum Gasteiger partial charge on any atom is 0.0569 e. The molecule has 4 rings (SSSR count). The molecule has 0 spiro atoms. The summed E-state index contributed by atoms with van der Waals surface area (Å²) in [5.41, 5.74) is 6.15. The van der Waals surface area contributed by atoms with Gasteiger partial charge in [0.2, 0.25) is 0 Å². The lowest BCUT2D eigenvalue weighted by Crippen LogP contribution is -2.49. The lowest BCUT2D eigenvalue weighted by atomic mass is 9.49. The van der Waals surface area contributed by atoms with Crippen LogP contribution in [-0.2, 0) is 0 Å². The highest BCUT2D eigenvalue weighted by molar-refractivity contribution is 5.34. The van der Waals surface area contributed by atoms with Crippen molar-refractivity contribution in [3.63, 3.8) is 0 Å². The second-order valence-corrected chi connectivity index (χ2v) is 12.1. The molecule has 0 amide bonds. The molecule has 1 N–H and O–H groups in total. The van der Waals surface area contributed by atoms with E-state index in [1.54, 1.807) is 0 Å². The Morgan fingerprint density at radius 1 is 1.10 bits per heavy atom. The Morgan fingerprint density at radius 3 is 2.59 bits per heavy atom. The highest BCUT2D eigenvalue weighted by atomic mass is 16.3. The van der Waals surface area contributed by atoms with Crippen molar-refractivity contribution < 1.29 is 5.11 Å². The molecule has 2 fully saturated rings. The van der Waals surface area contributed by atoms with Gasteiger partial charge in [0.05, 0.1) is 6.10 Å². The standard InChI is InChI=1S/C28H46O/c1-18(2)8-7-9-19(3)22-12-13-24-21-10-11-23-20(4)26(29)15-17-28(23,6)25(21)14-16-27(22,24)5/h8,19-20,22-24,26,29H,7,9-17H2,1-6H3/t19-,20+,22+,23-,24-,26-,27+,28-/m0/s1. The summed E-state index contributed by atoms with van der Waals surface area (Å²) in [5.74, 6) is 3.78. The molecule has 8 atom stereocenters. The maximum absolute atomic E-state index is 10.5. The van der Waals surface area contributed by atoms with Gasteiger partial charge in [-0.2, -0.15) is 0 Å². The van der Waals surface area contributed by atoms with Crippen molar-refractivity contribution in [2.45, 2.75) is 112 Å². The van der Waals surface area contributed by atoms with E-state index in [-0.39, 0.29) is 6.10 Å². The van der Waals surface area contributed by atoms with Crippen molar-refractivity contribution in [2.24, 2.45) is 40.4 Å². The van der Waals surface area contributed by atoms with Crippen LogP contribution in [0, 0.1) is 40.4 Å². The molecular formula is C28H46O. The van der Waals surface area contributed by atoms with Crippen molar-refractivity contribution in [1.29, 1.82) is 0 Å². The number of fused-ring (bicyclic) bond motifs is 4. The Bertz CT molecular complexity index is 682. The zero-order chi connectivity index (χ0) is 21.0. The van der Waals surface area contributed by atoms with Crippen LogP contribution in [0.4, 0.5) is 0 Å². The minimum atomic E-state index is -0.0680. The molecule has 0 saturated heterocycles. The van der Waals surface area contributed by atoms with E-state index < -0.39 is 0 Å². The lowest BCUT2D eigenvalue weighted by Gasteiger charge is -2.56. The van der Waals surface area contributed by atoms with Crippen molar-refractivity contribution in [3.8, 4) is 0 Å². The normalized spacial score (nSPS) is 45.3. The van der Waals surface area contributed by atoms with Gasteiger partial charge in [0, 0.05) is 0 Å². The Balaban J connectivity index is 1.57.